The Hall–Kier alpha value is -0.680. The first-order chi connectivity index (χ1) is 7.05. The maximum atomic E-state index is 12.5. The van der Waals surface area contributed by atoms with Crippen LogP contribution in [0.5, 0.6) is 0 Å². The topological polar surface area (TPSA) is 26.0 Å². The summed E-state index contributed by atoms with van der Waals surface area (Å²) in [7, 11) is 0. The second kappa shape index (κ2) is 5.42. The fraction of sp³-hybridized carbons (Fsp3) is 0.400. The lowest BCUT2D eigenvalue weighted by Crippen LogP contribution is -2.09. The molecule has 84 valence electrons. The summed E-state index contributed by atoms with van der Waals surface area (Å²) in [6, 6.07) is 5.64. The molecule has 15 heavy (non-hydrogen) atoms. The van der Waals surface area contributed by atoms with Gasteiger partial charge < -0.3 is 5.73 Å². The molecule has 1 nitrogen and oxygen atoms in total. The number of rotatable bonds is 4. The van der Waals surface area contributed by atoms with Crippen LogP contribution in [0.25, 0.3) is 0 Å². The van der Waals surface area contributed by atoms with Crippen molar-refractivity contribution in [2.75, 3.05) is 12.3 Å². The van der Waals surface area contributed by atoms with Crippen molar-refractivity contribution >= 4 is 11.8 Å². The summed E-state index contributed by atoms with van der Waals surface area (Å²) in [5.74, 6) is 1.03. The van der Waals surface area contributed by atoms with E-state index in [1.165, 1.54) is 23.9 Å². The largest absolute Gasteiger partial charge is 0.416 e. The van der Waals surface area contributed by atoms with Gasteiger partial charge in [-0.2, -0.15) is 24.9 Å². The average molecular weight is 235 g/mol. The van der Waals surface area contributed by atoms with E-state index in [1.54, 1.807) is 6.07 Å². The Morgan fingerprint density at radius 3 is 2.47 bits per heavy atom. The predicted molar refractivity (Wildman–Crippen MR) is 56.7 cm³/mol. The third kappa shape index (κ3) is 3.76. The van der Waals surface area contributed by atoms with E-state index in [9.17, 15) is 13.2 Å². The molecule has 0 bridgehead atoms. The monoisotopic (exact) mass is 235 g/mol. The highest BCUT2D eigenvalue weighted by Crippen LogP contribution is 2.33. The molecule has 0 saturated carbocycles. The molecule has 0 aromatic heterocycles. The highest BCUT2D eigenvalue weighted by Gasteiger charge is 2.32. The number of alkyl halides is 3. The molecule has 0 aliphatic carbocycles. The standard InChI is InChI=1S/C10H12F3NS/c11-10(12,13)9-4-2-1-3-8(9)7-15-6-5-14/h1-4H,5-7,14H2. The summed E-state index contributed by atoms with van der Waals surface area (Å²) >= 11 is 1.41. The predicted octanol–water partition coefficient (Wildman–Crippen LogP) is 2.90. The fourth-order valence-corrected chi connectivity index (χ4v) is 1.97. The van der Waals surface area contributed by atoms with Crippen molar-refractivity contribution in [2.45, 2.75) is 11.9 Å². The second-order valence-corrected chi connectivity index (χ2v) is 4.10. The van der Waals surface area contributed by atoms with Crippen molar-refractivity contribution in [3.8, 4) is 0 Å². The zero-order chi connectivity index (χ0) is 11.3. The van der Waals surface area contributed by atoms with Gasteiger partial charge >= 0.3 is 6.18 Å². The van der Waals surface area contributed by atoms with Gasteiger partial charge in [0.15, 0.2) is 0 Å². The van der Waals surface area contributed by atoms with E-state index >= 15 is 0 Å². The molecular formula is C10H12F3NS. The van der Waals surface area contributed by atoms with Gasteiger partial charge in [-0.25, -0.2) is 0 Å². The first-order valence-electron chi connectivity index (χ1n) is 4.48. The zero-order valence-corrected chi connectivity index (χ0v) is 8.87. The van der Waals surface area contributed by atoms with Gasteiger partial charge in [0.05, 0.1) is 5.56 Å². The Kier molecular flexibility index (Phi) is 4.47. The van der Waals surface area contributed by atoms with Gasteiger partial charge in [-0.3, -0.25) is 0 Å². The zero-order valence-electron chi connectivity index (χ0n) is 8.05. The van der Waals surface area contributed by atoms with Crippen molar-refractivity contribution in [3.05, 3.63) is 35.4 Å². The Balaban J connectivity index is 2.78. The number of thioether (sulfide) groups is 1. The van der Waals surface area contributed by atoms with Crippen molar-refractivity contribution < 1.29 is 13.2 Å². The van der Waals surface area contributed by atoms with E-state index in [2.05, 4.69) is 0 Å². The van der Waals surface area contributed by atoms with E-state index in [-0.39, 0.29) is 0 Å². The van der Waals surface area contributed by atoms with E-state index in [0.717, 1.165) is 6.07 Å². The van der Waals surface area contributed by atoms with Crippen LogP contribution in [0.1, 0.15) is 11.1 Å². The summed E-state index contributed by atoms with van der Waals surface area (Å²) in [6.45, 7) is 0.485. The molecule has 0 aliphatic rings. The molecule has 0 spiro atoms. The molecule has 0 amide bonds. The lowest BCUT2D eigenvalue weighted by molar-refractivity contribution is -0.138. The molecule has 1 aromatic carbocycles. The van der Waals surface area contributed by atoms with E-state index < -0.39 is 11.7 Å². The number of hydrogen-bond acceptors (Lipinski definition) is 2. The lowest BCUT2D eigenvalue weighted by atomic mass is 10.1. The van der Waals surface area contributed by atoms with Crippen LogP contribution in [0.3, 0.4) is 0 Å². The Bertz CT molecular complexity index is 312. The smallest absolute Gasteiger partial charge is 0.330 e. The minimum absolute atomic E-state index is 0.323. The van der Waals surface area contributed by atoms with Crippen LogP contribution in [0.4, 0.5) is 13.2 Å². The van der Waals surface area contributed by atoms with E-state index in [4.69, 9.17) is 5.73 Å². The van der Waals surface area contributed by atoms with Crippen LogP contribution < -0.4 is 5.73 Å². The van der Waals surface area contributed by atoms with Crippen molar-refractivity contribution in [1.29, 1.82) is 0 Å². The number of nitrogens with two attached hydrogens (primary N) is 1. The van der Waals surface area contributed by atoms with Crippen LogP contribution in [0, 0.1) is 0 Å². The third-order valence-electron chi connectivity index (χ3n) is 1.84. The highest BCUT2D eigenvalue weighted by atomic mass is 32.2. The Labute approximate surface area is 90.9 Å². The molecule has 0 fully saturated rings. The van der Waals surface area contributed by atoms with Crippen molar-refractivity contribution in [1.82, 2.24) is 0 Å². The van der Waals surface area contributed by atoms with Crippen LogP contribution >= 0.6 is 11.8 Å². The van der Waals surface area contributed by atoms with Crippen LogP contribution in [-0.2, 0) is 11.9 Å². The van der Waals surface area contributed by atoms with Gasteiger partial charge in [-0.15, -0.1) is 0 Å². The van der Waals surface area contributed by atoms with Gasteiger partial charge in [0, 0.05) is 18.1 Å². The Morgan fingerprint density at radius 1 is 1.20 bits per heavy atom. The van der Waals surface area contributed by atoms with Gasteiger partial charge in [-0.05, 0) is 11.6 Å². The summed E-state index contributed by atoms with van der Waals surface area (Å²) in [4.78, 5) is 0. The lowest BCUT2D eigenvalue weighted by Gasteiger charge is -2.11. The molecule has 2 N–H and O–H groups in total. The molecule has 1 rings (SSSR count). The van der Waals surface area contributed by atoms with Crippen molar-refractivity contribution in [2.24, 2.45) is 5.73 Å². The first kappa shape index (κ1) is 12.4. The molecule has 0 radical (unpaired) electrons. The molecule has 0 heterocycles. The van der Waals surface area contributed by atoms with E-state index in [1.807, 2.05) is 0 Å². The number of hydrogen-bond donors (Lipinski definition) is 1. The number of halogens is 3. The maximum absolute atomic E-state index is 12.5. The van der Waals surface area contributed by atoms with Crippen LogP contribution in [-0.4, -0.2) is 12.3 Å². The van der Waals surface area contributed by atoms with E-state index in [0.29, 0.717) is 23.6 Å². The minimum Gasteiger partial charge on any atom is -0.330 e. The highest BCUT2D eigenvalue weighted by molar-refractivity contribution is 7.98. The third-order valence-corrected chi connectivity index (χ3v) is 2.88. The maximum Gasteiger partial charge on any atom is 0.416 e. The molecule has 0 atom stereocenters. The quantitative estimate of drug-likeness (QED) is 0.812. The summed E-state index contributed by atoms with van der Waals surface area (Å²) < 4.78 is 37.6. The molecule has 0 aliphatic heterocycles. The van der Waals surface area contributed by atoms with Gasteiger partial charge in [0.2, 0.25) is 0 Å². The fourth-order valence-electron chi connectivity index (χ4n) is 1.19. The second-order valence-electron chi connectivity index (χ2n) is 3.00. The van der Waals surface area contributed by atoms with Gasteiger partial charge in [0.1, 0.15) is 0 Å². The van der Waals surface area contributed by atoms with Crippen LogP contribution in [0.15, 0.2) is 24.3 Å². The molecule has 5 heteroatoms. The average Bonchev–Trinajstić information content (AvgIpc) is 2.17. The molecule has 0 saturated heterocycles. The van der Waals surface area contributed by atoms with Gasteiger partial charge in [-0.1, -0.05) is 18.2 Å². The SMILES string of the molecule is NCCSCc1ccccc1C(F)(F)F. The molecular weight excluding hydrogens is 223 g/mol. The minimum atomic E-state index is -4.26. The first-order valence-corrected chi connectivity index (χ1v) is 5.64. The summed E-state index contributed by atoms with van der Waals surface area (Å²) in [5.41, 5.74) is 5.05. The van der Waals surface area contributed by atoms with Crippen molar-refractivity contribution in [3.63, 3.8) is 0 Å². The summed E-state index contributed by atoms with van der Waals surface area (Å²) in [5, 5.41) is 0. The summed E-state index contributed by atoms with van der Waals surface area (Å²) in [6.07, 6.45) is -4.26. The van der Waals surface area contributed by atoms with Crippen LogP contribution in [0.2, 0.25) is 0 Å². The normalized spacial score (nSPS) is 11.7. The van der Waals surface area contributed by atoms with Gasteiger partial charge in [0.25, 0.3) is 0 Å². The molecule has 0 unspecified atom stereocenters. The molecule has 1 aromatic rings. The number of benzene rings is 1. The Morgan fingerprint density at radius 2 is 1.87 bits per heavy atom.